The maximum Gasteiger partial charge on any atom is 0.416 e. The first-order chi connectivity index (χ1) is 15.2. The highest BCUT2D eigenvalue weighted by Gasteiger charge is 2.33. The molecule has 10 heteroatoms. The molecule has 0 fully saturated rings. The molecule has 0 saturated heterocycles. The van der Waals surface area contributed by atoms with E-state index in [1.54, 1.807) is 16.9 Å². The van der Waals surface area contributed by atoms with Gasteiger partial charge in [-0.2, -0.15) is 18.3 Å². The van der Waals surface area contributed by atoms with Crippen LogP contribution in [-0.2, 0) is 26.1 Å². The molecular formula is C22H24BrF3N4OS. The van der Waals surface area contributed by atoms with Crippen LogP contribution in [0.4, 0.5) is 13.2 Å². The summed E-state index contributed by atoms with van der Waals surface area (Å²) in [5, 5.41) is 7.06. The Labute approximate surface area is 196 Å². The number of halogens is 4. The van der Waals surface area contributed by atoms with Crippen molar-refractivity contribution < 1.29 is 18.0 Å². The summed E-state index contributed by atoms with van der Waals surface area (Å²) in [5.74, 6) is -0.350. The van der Waals surface area contributed by atoms with Crippen molar-refractivity contribution in [3.63, 3.8) is 0 Å². The molecule has 1 unspecified atom stereocenters. The number of thiophene rings is 1. The van der Waals surface area contributed by atoms with Crippen LogP contribution in [0.25, 0.3) is 11.3 Å². The standard InChI is InChI=1S/C22H24BrF3N4OS/c1-3-6-18-15(20-17(23)12-28-30(20)2)10-19(32-18)21(31)29-14(11-27)9-13-7-4-5-8-16(13)22(24,25)26/h4-5,7-8,10,12,14H,3,6,9,11,27H2,1-2H3,(H,29,31). The molecule has 1 atom stereocenters. The monoisotopic (exact) mass is 528 g/mol. The van der Waals surface area contributed by atoms with E-state index >= 15 is 0 Å². The van der Waals surface area contributed by atoms with Crippen molar-refractivity contribution in [3.05, 3.63) is 61.9 Å². The van der Waals surface area contributed by atoms with Crippen LogP contribution in [0.2, 0.25) is 0 Å². The van der Waals surface area contributed by atoms with Crippen molar-refractivity contribution >= 4 is 33.2 Å². The Morgan fingerprint density at radius 2 is 2.06 bits per heavy atom. The van der Waals surface area contributed by atoms with Crippen LogP contribution in [0.5, 0.6) is 0 Å². The summed E-state index contributed by atoms with van der Waals surface area (Å²) in [6, 6.07) is 6.54. The van der Waals surface area contributed by atoms with E-state index in [1.165, 1.54) is 23.5 Å². The number of rotatable bonds is 8. The Kier molecular flexibility index (Phi) is 7.79. The van der Waals surface area contributed by atoms with Crippen molar-refractivity contribution in [1.29, 1.82) is 0 Å². The zero-order valence-electron chi connectivity index (χ0n) is 17.7. The van der Waals surface area contributed by atoms with Gasteiger partial charge in [0.05, 0.1) is 26.8 Å². The lowest BCUT2D eigenvalue weighted by atomic mass is 9.99. The molecule has 3 rings (SSSR count). The van der Waals surface area contributed by atoms with Gasteiger partial charge in [0.1, 0.15) is 0 Å². The second kappa shape index (κ2) is 10.2. The lowest BCUT2D eigenvalue weighted by Crippen LogP contribution is -2.41. The Bertz CT molecular complexity index is 1070. The van der Waals surface area contributed by atoms with Crippen LogP contribution < -0.4 is 11.1 Å². The first kappa shape index (κ1) is 24.5. The smallest absolute Gasteiger partial charge is 0.347 e. The third-order valence-electron chi connectivity index (χ3n) is 5.07. The van der Waals surface area contributed by atoms with Crippen LogP contribution in [0.3, 0.4) is 0 Å². The SMILES string of the molecule is CCCc1sc(C(=O)NC(CN)Cc2ccccc2C(F)(F)F)cc1-c1c(Br)cnn1C. The van der Waals surface area contributed by atoms with E-state index in [-0.39, 0.29) is 24.4 Å². The third-order valence-corrected chi connectivity index (χ3v) is 6.84. The average Bonchev–Trinajstić information content (AvgIpc) is 3.29. The van der Waals surface area contributed by atoms with Crippen LogP contribution in [0, 0.1) is 0 Å². The van der Waals surface area contributed by atoms with Gasteiger partial charge in [0.25, 0.3) is 5.91 Å². The molecule has 5 nitrogen and oxygen atoms in total. The van der Waals surface area contributed by atoms with Crippen molar-refractivity contribution in [3.8, 4) is 11.3 Å². The van der Waals surface area contributed by atoms with Crippen molar-refractivity contribution in [1.82, 2.24) is 15.1 Å². The molecule has 0 aliphatic heterocycles. The van der Waals surface area contributed by atoms with E-state index in [4.69, 9.17) is 5.73 Å². The minimum absolute atomic E-state index is 0.00868. The van der Waals surface area contributed by atoms with E-state index in [1.807, 2.05) is 13.1 Å². The van der Waals surface area contributed by atoms with Crippen LogP contribution >= 0.6 is 27.3 Å². The topological polar surface area (TPSA) is 72.9 Å². The Morgan fingerprint density at radius 1 is 1.34 bits per heavy atom. The Balaban J connectivity index is 1.84. The third kappa shape index (κ3) is 5.41. The van der Waals surface area contributed by atoms with Gasteiger partial charge >= 0.3 is 6.18 Å². The number of alkyl halides is 3. The van der Waals surface area contributed by atoms with Gasteiger partial charge in [-0.25, -0.2) is 0 Å². The quantitative estimate of drug-likeness (QED) is 0.423. The molecule has 1 aromatic carbocycles. The van der Waals surface area contributed by atoms with Gasteiger partial charge in [-0.1, -0.05) is 31.5 Å². The molecule has 0 aliphatic carbocycles. The number of nitrogens with zero attached hydrogens (tertiary/aromatic N) is 2. The average molecular weight is 529 g/mol. The predicted octanol–water partition coefficient (Wildman–Crippen LogP) is 5.18. The minimum atomic E-state index is -4.46. The minimum Gasteiger partial charge on any atom is -0.347 e. The van der Waals surface area contributed by atoms with Gasteiger partial charge in [0.2, 0.25) is 0 Å². The Hall–Kier alpha value is -2.17. The number of hydrogen-bond donors (Lipinski definition) is 2. The first-order valence-corrected chi connectivity index (χ1v) is 11.7. The lowest BCUT2D eigenvalue weighted by molar-refractivity contribution is -0.138. The summed E-state index contributed by atoms with van der Waals surface area (Å²) >= 11 is 4.89. The summed E-state index contributed by atoms with van der Waals surface area (Å²) in [5.41, 5.74) is 6.98. The molecule has 32 heavy (non-hydrogen) atoms. The number of benzene rings is 1. The number of carbonyl (C=O) groups excluding carboxylic acids is 1. The van der Waals surface area contributed by atoms with Gasteiger partial charge in [-0.05, 0) is 46.5 Å². The molecule has 0 spiro atoms. The molecule has 2 aromatic heterocycles. The van der Waals surface area contributed by atoms with Gasteiger partial charge in [0, 0.05) is 30.1 Å². The normalized spacial score (nSPS) is 12.7. The Morgan fingerprint density at radius 3 is 2.66 bits per heavy atom. The maximum absolute atomic E-state index is 13.3. The van der Waals surface area contributed by atoms with Crippen molar-refractivity contribution in [2.75, 3.05) is 6.54 Å². The predicted molar refractivity (Wildman–Crippen MR) is 124 cm³/mol. The van der Waals surface area contributed by atoms with Crippen LogP contribution in [0.1, 0.15) is 39.0 Å². The maximum atomic E-state index is 13.3. The number of aromatic nitrogens is 2. The second-order valence-electron chi connectivity index (χ2n) is 7.43. The number of amides is 1. The summed E-state index contributed by atoms with van der Waals surface area (Å²) < 4.78 is 42.5. The lowest BCUT2D eigenvalue weighted by Gasteiger charge is -2.19. The van der Waals surface area contributed by atoms with Crippen LogP contribution in [0.15, 0.2) is 41.0 Å². The molecule has 0 radical (unpaired) electrons. The molecule has 3 aromatic rings. The molecule has 3 N–H and O–H groups in total. The molecule has 2 heterocycles. The van der Waals surface area contributed by atoms with E-state index in [0.717, 1.165) is 39.5 Å². The highest BCUT2D eigenvalue weighted by Crippen LogP contribution is 2.36. The molecule has 1 amide bonds. The molecular weight excluding hydrogens is 505 g/mol. The van der Waals surface area contributed by atoms with Crippen molar-refractivity contribution in [2.24, 2.45) is 12.8 Å². The highest BCUT2D eigenvalue weighted by molar-refractivity contribution is 9.10. The van der Waals surface area contributed by atoms with E-state index in [0.29, 0.717) is 4.88 Å². The van der Waals surface area contributed by atoms with Gasteiger partial charge < -0.3 is 11.1 Å². The van der Waals surface area contributed by atoms with Crippen LogP contribution in [-0.4, -0.2) is 28.3 Å². The largest absolute Gasteiger partial charge is 0.416 e. The molecule has 172 valence electrons. The molecule has 0 aliphatic rings. The first-order valence-electron chi connectivity index (χ1n) is 10.1. The van der Waals surface area contributed by atoms with E-state index in [9.17, 15) is 18.0 Å². The zero-order chi connectivity index (χ0) is 23.5. The van der Waals surface area contributed by atoms with E-state index < -0.39 is 17.8 Å². The fourth-order valence-electron chi connectivity index (χ4n) is 3.56. The van der Waals surface area contributed by atoms with Gasteiger partial charge in [-0.15, -0.1) is 11.3 Å². The fourth-order valence-corrected chi connectivity index (χ4v) is 5.29. The number of carbonyl (C=O) groups is 1. The van der Waals surface area contributed by atoms with E-state index in [2.05, 4.69) is 33.3 Å². The second-order valence-corrected chi connectivity index (χ2v) is 9.42. The highest BCUT2D eigenvalue weighted by atomic mass is 79.9. The van der Waals surface area contributed by atoms with Gasteiger partial charge in [0.15, 0.2) is 0 Å². The number of hydrogen-bond acceptors (Lipinski definition) is 4. The molecule has 0 saturated carbocycles. The molecule has 0 bridgehead atoms. The summed E-state index contributed by atoms with van der Waals surface area (Å²) in [7, 11) is 1.83. The number of aryl methyl sites for hydroxylation is 2. The fraction of sp³-hybridized carbons (Fsp3) is 0.364. The summed E-state index contributed by atoms with van der Waals surface area (Å²) in [4.78, 5) is 14.5. The number of nitrogens with two attached hydrogens (primary N) is 1. The summed E-state index contributed by atoms with van der Waals surface area (Å²) in [6.45, 7) is 2.08. The zero-order valence-corrected chi connectivity index (χ0v) is 20.1. The van der Waals surface area contributed by atoms with Crippen molar-refractivity contribution in [2.45, 2.75) is 38.4 Å². The summed E-state index contributed by atoms with van der Waals surface area (Å²) in [6.07, 6.45) is -1.07. The number of nitrogens with one attached hydrogen (secondary N) is 1. The van der Waals surface area contributed by atoms with Gasteiger partial charge in [-0.3, -0.25) is 9.48 Å².